The van der Waals surface area contributed by atoms with Crippen LogP contribution in [0.2, 0.25) is 0 Å². The summed E-state index contributed by atoms with van der Waals surface area (Å²) in [7, 11) is 1.63. The Morgan fingerprint density at radius 1 is 1.30 bits per heavy atom. The number of hydrogen-bond donors (Lipinski definition) is 2. The molecule has 0 bridgehead atoms. The van der Waals surface area contributed by atoms with Gasteiger partial charge >= 0.3 is 0 Å². The molecule has 1 heterocycles. The summed E-state index contributed by atoms with van der Waals surface area (Å²) in [5.41, 5.74) is 9.05. The summed E-state index contributed by atoms with van der Waals surface area (Å²) < 4.78 is 17.1. The molecule has 1 aromatic heterocycles. The third-order valence-electron chi connectivity index (χ3n) is 5.48. The standard InChI is InChI=1S/C23H31N3O4/c1-5-17(6-2)29-22-12-16(11-19(24)23(22)25-14(3)27)20-13-21(30-26-20)15-7-9-18(28-4)10-8-15/h7-10,12-13,17,19,22-23H,5-6,11,24H2,1-4H3,(H,25,27)/t19-,22+,23+/m0/s1. The minimum absolute atomic E-state index is 0.0984. The van der Waals surface area contributed by atoms with Gasteiger partial charge in [0.25, 0.3) is 0 Å². The SMILES string of the molecule is CCC(CC)O[C@@H]1C=C(c2cc(-c3ccc(OC)cc3)on2)C[C@H](N)[C@H]1NC(C)=O. The fraction of sp³-hybridized carbons (Fsp3) is 0.478. The molecule has 0 unspecified atom stereocenters. The molecule has 1 aliphatic carbocycles. The monoisotopic (exact) mass is 413 g/mol. The highest BCUT2D eigenvalue weighted by Gasteiger charge is 2.34. The summed E-state index contributed by atoms with van der Waals surface area (Å²) in [4.78, 5) is 11.7. The fourth-order valence-electron chi connectivity index (χ4n) is 3.75. The van der Waals surface area contributed by atoms with Crippen molar-refractivity contribution in [2.45, 2.75) is 64.3 Å². The molecule has 7 nitrogen and oxygen atoms in total. The van der Waals surface area contributed by atoms with Crippen LogP contribution in [0, 0.1) is 0 Å². The molecular weight excluding hydrogens is 382 g/mol. The maximum Gasteiger partial charge on any atom is 0.217 e. The second-order valence-corrected chi connectivity index (χ2v) is 7.63. The number of nitrogens with one attached hydrogen (secondary N) is 1. The molecule has 2 aromatic rings. The number of ether oxygens (including phenoxy) is 2. The Morgan fingerprint density at radius 3 is 2.60 bits per heavy atom. The van der Waals surface area contributed by atoms with Gasteiger partial charge in [0.2, 0.25) is 5.91 Å². The normalized spacial score (nSPS) is 21.4. The summed E-state index contributed by atoms with van der Waals surface area (Å²) in [5, 5.41) is 7.22. The first-order valence-corrected chi connectivity index (χ1v) is 10.5. The van der Waals surface area contributed by atoms with E-state index in [0.29, 0.717) is 12.2 Å². The first-order valence-electron chi connectivity index (χ1n) is 10.5. The first kappa shape index (κ1) is 22.1. The van der Waals surface area contributed by atoms with Crippen molar-refractivity contribution in [3.63, 3.8) is 0 Å². The Hall–Kier alpha value is -2.64. The number of carbonyl (C=O) groups excluding carboxylic acids is 1. The molecule has 1 aromatic carbocycles. The lowest BCUT2D eigenvalue weighted by Crippen LogP contribution is -2.56. The van der Waals surface area contributed by atoms with E-state index < -0.39 is 0 Å². The van der Waals surface area contributed by atoms with Crippen molar-refractivity contribution >= 4 is 11.5 Å². The van der Waals surface area contributed by atoms with Gasteiger partial charge in [0, 0.05) is 24.6 Å². The zero-order valence-electron chi connectivity index (χ0n) is 18.1. The molecule has 7 heteroatoms. The molecule has 0 aliphatic heterocycles. The van der Waals surface area contributed by atoms with Crippen LogP contribution < -0.4 is 15.8 Å². The van der Waals surface area contributed by atoms with E-state index >= 15 is 0 Å². The van der Waals surface area contributed by atoms with Crippen LogP contribution in [0.1, 0.15) is 45.7 Å². The van der Waals surface area contributed by atoms with E-state index in [0.717, 1.165) is 35.4 Å². The molecule has 3 N–H and O–H groups in total. The van der Waals surface area contributed by atoms with Crippen LogP contribution in [0.5, 0.6) is 5.75 Å². The van der Waals surface area contributed by atoms with E-state index in [1.165, 1.54) is 6.92 Å². The van der Waals surface area contributed by atoms with Gasteiger partial charge in [-0.2, -0.15) is 0 Å². The molecule has 162 valence electrons. The van der Waals surface area contributed by atoms with E-state index in [2.05, 4.69) is 24.3 Å². The summed E-state index contributed by atoms with van der Waals surface area (Å²) in [6, 6.07) is 8.96. The number of methoxy groups -OCH3 is 1. The molecule has 0 saturated heterocycles. The van der Waals surface area contributed by atoms with Gasteiger partial charge in [-0.25, -0.2) is 0 Å². The third-order valence-corrected chi connectivity index (χ3v) is 5.48. The largest absolute Gasteiger partial charge is 0.497 e. The van der Waals surface area contributed by atoms with Crippen LogP contribution in [0.3, 0.4) is 0 Å². The average Bonchev–Trinajstić information content (AvgIpc) is 3.24. The van der Waals surface area contributed by atoms with Crippen molar-refractivity contribution in [3.8, 4) is 17.1 Å². The minimum atomic E-state index is -0.321. The van der Waals surface area contributed by atoms with E-state index in [-0.39, 0.29) is 30.2 Å². The van der Waals surface area contributed by atoms with Gasteiger partial charge in [0.05, 0.1) is 25.4 Å². The molecule has 0 radical (unpaired) electrons. The van der Waals surface area contributed by atoms with Crippen molar-refractivity contribution in [3.05, 3.63) is 42.1 Å². The number of amides is 1. The number of benzene rings is 1. The van der Waals surface area contributed by atoms with Crippen molar-refractivity contribution in [1.82, 2.24) is 10.5 Å². The lowest BCUT2D eigenvalue weighted by Gasteiger charge is -2.36. The van der Waals surface area contributed by atoms with E-state index in [9.17, 15) is 4.79 Å². The zero-order valence-corrected chi connectivity index (χ0v) is 18.1. The van der Waals surface area contributed by atoms with Crippen molar-refractivity contribution in [2.24, 2.45) is 5.73 Å². The first-order chi connectivity index (χ1) is 14.4. The van der Waals surface area contributed by atoms with E-state index in [1.807, 2.05) is 36.4 Å². The van der Waals surface area contributed by atoms with Crippen molar-refractivity contribution < 1.29 is 18.8 Å². The highest BCUT2D eigenvalue weighted by Crippen LogP contribution is 2.31. The zero-order chi connectivity index (χ0) is 21.7. The van der Waals surface area contributed by atoms with Gasteiger partial charge in [0.15, 0.2) is 5.76 Å². The maximum atomic E-state index is 11.7. The number of nitrogens with zero attached hydrogens (tertiary/aromatic N) is 1. The average molecular weight is 414 g/mol. The van der Waals surface area contributed by atoms with Gasteiger partial charge in [-0.05, 0) is 55.2 Å². The topological polar surface area (TPSA) is 99.6 Å². The smallest absolute Gasteiger partial charge is 0.217 e. The number of hydrogen-bond acceptors (Lipinski definition) is 6. The minimum Gasteiger partial charge on any atom is -0.497 e. The second-order valence-electron chi connectivity index (χ2n) is 7.63. The summed E-state index contributed by atoms with van der Waals surface area (Å²) >= 11 is 0. The molecule has 3 atom stereocenters. The molecule has 1 amide bonds. The van der Waals surface area contributed by atoms with Crippen LogP contribution in [0.25, 0.3) is 16.9 Å². The molecule has 30 heavy (non-hydrogen) atoms. The molecule has 0 saturated carbocycles. The van der Waals surface area contributed by atoms with E-state index in [4.69, 9.17) is 19.7 Å². The molecule has 0 fully saturated rings. The summed E-state index contributed by atoms with van der Waals surface area (Å²) in [6.07, 6.45) is 4.16. The predicted octanol–water partition coefficient (Wildman–Crippen LogP) is 3.54. The van der Waals surface area contributed by atoms with E-state index in [1.54, 1.807) is 7.11 Å². The van der Waals surface area contributed by atoms with Gasteiger partial charge in [-0.1, -0.05) is 19.0 Å². The number of aromatic nitrogens is 1. The fourth-order valence-corrected chi connectivity index (χ4v) is 3.75. The Labute approximate surface area is 177 Å². The lowest BCUT2D eigenvalue weighted by atomic mass is 9.86. The Kier molecular flexibility index (Phi) is 7.29. The lowest BCUT2D eigenvalue weighted by molar-refractivity contribution is -0.121. The van der Waals surface area contributed by atoms with Gasteiger partial charge in [-0.15, -0.1) is 0 Å². The van der Waals surface area contributed by atoms with Crippen LogP contribution >= 0.6 is 0 Å². The maximum absolute atomic E-state index is 11.7. The highest BCUT2D eigenvalue weighted by molar-refractivity contribution is 5.74. The highest BCUT2D eigenvalue weighted by atomic mass is 16.5. The predicted molar refractivity (Wildman–Crippen MR) is 116 cm³/mol. The molecular formula is C23H31N3O4. The molecule has 0 spiro atoms. The van der Waals surface area contributed by atoms with Gasteiger partial charge < -0.3 is 25.0 Å². The summed E-state index contributed by atoms with van der Waals surface area (Å²) in [5.74, 6) is 1.34. The Bertz CT molecular complexity index is 871. The second kappa shape index (κ2) is 9.91. The Morgan fingerprint density at radius 2 is 2.00 bits per heavy atom. The Balaban J connectivity index is 1.87. The van der Waals surface area contributed by atoms with Crippen LogP contribution in [-0.4, -0.2) is 42.5 Å². The van der Waals surface area contributed by atoms with Crippen LogP contribution in [0.15, 0.2) is 40.9 Å². The quantitative estimate of drug-likeness (QED) is 0.687. The number of nitrogens with two attached hydrogens (primary N) is 1. The summed E-state index contributed by atoms with van der Waals surface area (Å²) in [6.45, 7) is 5.68. The van der Waals surface area contributed by atoms with Crippen molar-refractivity contribution in [1.29, 1.82) is 0 Å². The van der Waals surface area contributed by atoms with Crippen LogP contribution in [-0.2, 0) is 9.53 Å². The van der Waals surface area contributed by atoms with Crippen LogP contribution in [0.4, 0.5) is 0 Å². The van der Waals surface area contributed by atoms with Crippen molar-refractivity contribution in [2.75, 3.05) is 7.11 Å². The number of rotatable bonds is 8. The molecule has 3 rings (SSSR count). The third kappa shape index (κ3) is 5.09. The van der Waals surface area contributed by atoms with Gasteiger partial charge in [-0.3, -0.25) is 4.79 Å². The van der Waals surface area contributed by atoms with Gasteiger partial charge in [0.1, 0.15) is 11.4 Å². The number of carbonyl (C=O) groups is 1. The molecule has 1 aliphatic rings.